The normalized spacial score (nSPS) is 17.9. The maximum atomic E-state index is 13.7. The summed E-state index contributed by atoms with van der Waals surface area (Å²) in [6.45, 7) is 5.86. The molecule has 2 heterocycles. The molecule has 1 aliphatic heterocycles. The van der Waals surface area contributed by atoms with Crippen molar-refractivity contribution in [1.82, 2.24) is 9.88 Å². The summed E-state index contributed by atoms with van der Waals surface area (Å²) < 4.78 is 31.9. The highest BCUT2D eigenvalue weighted by molar-refractivity contribution is 7.73. The SMILES string of the molecule is CN1CCC(Oc2cc3c(cc2N[SH](=O)=O)C(=O)c2c([nH]c4cc(C#N)ccc24)C3(C)C)CC1. The smallest absolute Gasteiger partial charge is 0.222 e. The van der Waals surface area contributed by atoms with E-state index in [1.54, 1.807) is 24.3 Å². The van der Waals surface area contributed by atoms with Crippen LogP contribution in [-0.4, -0.2) is 50.3 Å². The number of hydrogen-bond donors (Lipinski definition) is 3. The van der Waals surface area contributed by atoms with E-state index in [1.165, 1.54) is 0 Å². The maximum Gasteiger partial charge on any atom is 0.222 e. The molecule has 0 amide bonds. The summed E-state index contributed by atoms with van der Waals surface area (Å²) in [5.41, 5.74) is 3.47. The third-order valence-corrected chi connectivity index (χ3v) is 7.41. The van der Waals surface area contributed by atoms with Crippen LogP contribution in [0.25, 0.3) is 10.9 Å². The number of anilines is 1. The summed E-state index contributed by atoms with van der Waals surface area (Å²) in [5.74, 6) is 0.245. The first-order valence-electron chi connectivity index (χ1n) is 11.2. The zero-order valence-corrected chi connectivity index (χ0v) is 20.2. The predicted octanol–water partition coefficient (Wildman–Crippen LogP) is 3.32. The van der Waals surface area contributed by atoms with Gasteiger partial charge in [-0.2, -0.15) is 5.26 Å². The van der Waals surface area contributed by atoms with Crippen LogP contribution in [-0.2, 0) is 16.3 Å². The first-order valence-corrected chi connectivity index (χ1v) is 12.4. The van der Waals surface area contributed by atoms with Crippen molar-refractivity contribution >= 4 is 33.3 Å². The molecule has 0 radical (unpaired) electrons. The molecule has 34 heavy (non-hydrogen) atoms. The van der Waals surface area contributed by atoms with E-state index in [0.717, 1.165) is 48.1 Å². The second kappa shape index (κ2) is 8.15. The molecule has 9 heteroatoms. The van der Waals surface area contributed by atoms with Crippen LogP contribution in [0.4, 0.5) is 5.69 Å². The average Bonchev–Trinajstić information content (AvgIpc) is 3.19. The summed E-state index contributed by atoms with van der Waals surface area (Å²) in [5, 5.41) is 10.0. The van der Waals surface area contributed by atoms with Crippen molar-refractivity contribution in [2.24, 2.45) is 0 Å². The van der Waals surface area contributed by atoms with Crippen LogP contribution < -0.4 is 9.46 Å². The lowest BCUT2D eigenvalue weighted by molar-refractivity contribution is 0.103. The molecule has 2 aliphatic rings. The number of ketones is 1. The number of benzene rings is 2. The topological polar surface area (TPSA) is 115 Å². The number of aromatic nitrogens is 1. The van der Waals surface area contributed by atoms with Crippen molar-refractivity contribution in [3.8, 4) is 11.8 Å². The third-order valence-electron chi connectivity index (χ3n) is 6.99. The van der Waals surface area contributed by atoms with Crippen LogP contribution in [0.15, 0.2) is 30.3 Å². The van der Waals surface area contributed by atoms with Crippen LogP contribution in [0.5, 0.6) is 5.75 Å². The predicted molar refractivity (Wildman–Crippen MR) is 130 cm³/mol. The number of ether oxygens (including phenoxy) is 1. The van der Waals surface area contributed by atoms with Gasteiger partial charge in [0, 0.05) is 40.7 Å². The molecule has 176 valence electrons. The maximum absolute atomic E-state index is 13.7. The Bertz CT molecular complexity index is 1430. The van der Waals surface area contributed by atoms with Gasteiger partial charge in [-0.25, -0.2) is 8.42 Å². The Labute approximate surface area is 199 Å². The van der Waals surface area contributed by atoms with Crippen molar-refractivity contribution in [1.29, 1.82) is 5.26 Å². The van der Waals surface area contributed by atoms with Gasteiger partial charge in [-0.3, -0.25) is 9.52 Å². The van der Waals surface area contributed by atoms with E-state index in [-0.39, 0.29) is 17.6 Å². The molecule has 8 nitrogen and oxygen atoms in total. The Balaban J connectivity index is 1.65. The van der Waals surface area contributed by atoms with Crippen molar-refractivity contribution < 1.29 is 17.9 Å². The number of thiol groups is 1. The summed E-state index contributed by atoms with van der Waals surface area (Å²) >= 11 is 0. The van der Waals surface area contributed by atoms with Gasteiger partial charge in [0.2, 0.25) is 10.9 Å². The van der Waals surface area contributed by atoms with Crippen molar-refractivity contribution in [3.05, 3.63) is 58.3 Å². The van der Waals surface area contributed by atoms with E-state index < -0.39 is 16.3 Å². The fourth-order valence-electron chi connectivity index (χ4n) is 5.09. The van der Waals surface area contributed by atoms with E-state index in [1.807, 2.05) is 19.9 Å². The first-order chi connectivity index (χ1) is 16.2. The number of likely N-dealkylation sites (tertiary alicyclic amines) is 1. The number of nitriles is 1. The zero-order chi connectivity index (χ0) is 24.2. The highest BCUT2D eigenvalue weighted by Crippen LogP contribution is 2.46. The minimum absolute atomic E-state index is 0.0326. The molecule has 1 fully saturated rings. The molecule has 0 unspecified atom stereocenters. The number of rotatable bonds is 4. The van der Waals surface area contributed by atoms with Gasteiger partial charge in [0.15, 0.2) is 5.78 Å². The monoisotopic (exact) mass is 478 g/mol. The number of piperidine rings is 1. The van der Waals surface area contributed by atoms with Crippen LogP contribution in [0, 0.1) is 11.3 Å². The molecule has 0 spiro atoms. The lowest BCUT2D eigenvalue weighted by Crippen LogP contribution is -2.36. The zero-order valence-electron chi connectivity index (χ0n) is 19.3. The number of carbonyl (C=O) groups excluding carboxylic acids is 1. The Morgan fingerprint density at radius 3 is 2.62 bits per heavy atom. The van der Waals surface area contributed by atoms with E-state index >= 15 is 0 Å². The molecule has 1 saturated heterocycles. The quantitative estimate of drug-likeness (QED) is 0.496. The molecule has 1 aromatic heterocycles. The number of carbonyl (C=O) groups is 1. The number of nitrogens with zero attached hydrogens (tertiary/aromatic N) is 2. The molecule has 2 aromatic carbocycles. The highest BCUT2D eigenvalue weighted by atomic mass is 32.2. The molecule has 5 rings (SSSR count). The van der Waals surface area contributed by atoms with Gasteiger partial charge in [0.1, 0.15) is 11.9 Å². The minimum Gasteiger partial charge on any atom is -0.488 e. The van der Waals surface area contributed by atoms with Gasteiger partial charge >= 0.3 is 0 Å². The van der Waals surface area contributed by atoms with Crippen molar-refractivity contribution in [3.63, 3.8) is 0 Å². The Kier molecular flexibility index (Phi) is 5.38. The third kappa shape index (κ3) is 3.63. The Morgan fingerprint density at radius 1 is 1.21 bits per heavy atom. The number of fused-ring (bicyclic) bond motifs is 4. The van der Waals surface area contributed by atoms with Gasteiger partial charge < -0.3 is 14.6 Å². The molecule has 0 atom stereocenters. The molecule has 0 bridgehead atoms. The number of aromatic amines is 1. The molecule has 2 N–H and O–H groups in total. The largest absolute Gasteiger partial charge is 0.488 e. The van der Waals surface area contributed by atoms with E-state index in [9.17, 15) is 18.5 Å². The summed E-state index contributed by atoms with van der Waals surface area (Å²) in [6, 6.07) is 10.8. The summed E-state index contributed by atoms with van der Waals surface area (Å²) in [7, 11) is -0.873. The number of nitrogens with one attached hydrogen (secondary N) is 2. The minimum atomic E-state index is -2.94. The molecular weight excluding hydrogens is 452 g/mol. The van der Waals surface area contributed by atoms with Crippen LogP contribution in [0.2, 0.25) is 0 Å². The van der Waals surface area contributed by atoms with Crippen LogP contribution in [0.1, 0.15) is 59.4 Å². The molecule has 3 aromatic rings. The fraction of sp³-hybridized carbons (Fsp3) is 0.360. The fourth-order valence-corrected chi connectivity index (χ4v) is 5.46. The van der Waals surface area contributed by atoms with E-state index in [0.29, 0.717) is 22.4 Å². The number of hydrogen-bond acceptors (Lipinski definition) is 6. The van der Waals surface area contributed by atoms with Crippen LogP contribution >= 0.6 is 0 Å². The Hall–Kier alpha value is -3.35. The highest BCUT2D eigenvalue weighted by Gasteiger charge is 2.40. The first kappa shape index (κ1) is 22.4. The molecule has 1 aliphatic carbocycles. The van der Waals surface area contributed by atoms with E-state index in [4.69, 9.17) is 4.74 Å². The van der Waals surface area contributed by atoms with Crippen LogP contribution in [0.3, 0.4) is 0 Å². The lowest BCUT2D eigenvalue weighted by Gasteiger charge is -2.34. The van der Waals surface area contributed by atoms with Gasteiger partial charge in [-0.1, -0.05) is 19.9 Å². The van der Waals surface area contributed by atoms with Gasteiger partial charge in [0.05, 0.1) is 22.9 Å². The van der Waals surface area contributed by atoms with E-state index in [2.05, 4.69) is 27.7 Å². The van der Waals surface area contributed by atoms with Crippen molar-refractivity contribution in [2.45, 2.75) is 38.2 Å². The summed E-state index contributed by atoms with van der Waals surface area (Å²) in [6.07, 6.45) is 1.65. The lowest BCUT2D eigenvalue weighted by atomic mass is 9.71. The Morgan fingerprint density at radius 2 is 1.94 bits per heavy atom. The second-order valence-electron chi connectivity index (χ2n) is 9.58. The van der Waals surface area contributed by atoms with Gasteiger partial charge in [0.25, 0.3) is 0 Å². The summed E-state index contributed by atoms with van der Waals surface area (Å²) in [4.78, 5) is 19.3. The average molecular weight is 479 g/mol. The number of H-pyrrole nitrogens is 1. The standard InChI is InChI=1S/C25H26N4O4S/c1-25(2)18-12-21(33-15-6-8-29(3)9-7-15)20(28-34(31)32)11-17(18)23(30)22-16-5-4-14(13-26)10-19(16)27-24(22)25/h4-5,10-12,15,27,34H,6-9H2,1-3H3,(H,28,31,32). The second-order valence-corrected chi connectivity index (χ2v) is 10.3. The van der Waals surface area contributed by atoms with Crippen molar-refractivity contribution in [2.75, 3.05) is 24.9 Å². The molecule has 0 saturated carbocycles. The van der Waals surface area contributed by atoms with Gasteiger partial charge in [-0.15, -0.1) is 0 Å². The molecular formula is C25H26N4O4S. The van der Waals surface area contributed by atoms with Gasteiger partial charge in [-0.05, 0) is 49.7 Å².